The Hall–Kier alpha value is -2.35. The molecule has 0 radical (unpaired) electrons. The zero-order valence-corrected chi connectivity index (χ0v) is 18.1. The molecule has 1 saturated heterocycles. The summed E-state index contributed by atoms with van der Waals surface area (Å²) >= 11 is 7.50. The molecule has 1 aromatic heterocycles. The Morgan fingerprint density at radius 1 is 1.17 bits per heavy atom. The lowest BCUT2D eigenvalue weighted by Gasteiger charge is -2.32. The maximum absolute atomic E-state index is 12.9. The highest BCUT2D eigenvalue weighted by Gasteiger charge is 2.22. The van der Waals surface area contributed by atoms with E-state index in [4.69, 9.17) is 11.6 Å². The zero-order valence-electron chi connectivity index (χ0n) is 16.6. The average Bonchev–Trinajstić information content (AvgIpc) is 3.29. The highest BCUT2D eigenvalue weighted by Crippen LogP contribution is 2.22. The molecule has 2 heterocycles. The molecule has 0 saturated carbocycles. The van der Waals surface area contributed by atoms with Gasteiger partial charge in [-0.25, -0.2) is 4.98 Å². The molecule has 0 aliphatic carbocycles. The van der Waals surface area contributed by atoms with E-state index in [2.05, 4.69) is 37.5 Å². The number of carbonyl (C=O) groups excluding carboxylic acids is 1. The van der Waals surface area contributed by atoms with Crippen LogP contribution in [0.4, 0.5) is 0 Å². The molecule has 3 aromatic rings. The van der Waals surface area contributed by atoms with E-state index >= 15 is 0 Å². The van der Waals surface area contributed by atoms with Crippen LogP contribution in [0.2, 0.25) is 5.02 Å². The number of halogens is 1. The smallest absolute Gasteiger partial charge is 0.251 e. The van der Waals surface area contributed by atoms with E-state index in [1.807, 2.05) is 36.4 Å². The standard InChI is InChI=1S/C22H24ClN5OS/c23-18-7-5-16(6-8-18)13-28-11-9-19(10-12-28)26-21(29)20-4-2-1-3-17(20)14-30-22-24-15-25-27-22/h1-8,15,19H,9-14H2,(H,26,29)(H,24,25,27). The third-order valence-corrected chi connectivity index (χ3v) is 6.44. The Bertz CT molecular complexity index is 956. The van der Waals surface area contributed by atoms with Crippen LogP contribution in [0, 0.1) is 0 Å². The fourth-order valence-corrected chi connectivity index (χ4v) is 4.53. The Labute approximate surface area is 185 Å². The summed E-state index contributed by atoms with van der Waals surface area (Å²) in [6.07, 6.45) is 3.39. The predicted octanol–water partition coefficient (Wildman–Crippen LogP) is 4.14. The number of aromatic amines is 1. The molecule has 1 amide bonds. The lowest BCUT2D eigenvalue weighted by molar-refractivity contribution is 0.0908. The molecule has 2 aromatic carbocycles. The number of rotatable bonds is 7. The van der Waals surface area contributed by atoms with Crippen molar-refractivity contribution in [3.8, 4) is 0 Å². The lowest BCUT2D eigenvalue weighted by atomic mass is 10.0. The number of piperidine rings is 1. The van der Waals surface area contributed by atoms with Crippen molar-refractivity contribution in [1.82, 2.24) is 25.4 Å². The van der Waals surface area contributed by atoms with Gasteiger partial charge in [-0.15, -0.1) is 0 Å². The second-order valence-electron chi connectivity index (χ2n) is 7.39. The van der Waals surface area contributed by atoms with Crippen molar-refractivity contribution in [1.29, 1.82) is 0 Å². The molecule has 0 atom stereocenters. The van der Waals surface area contributed by atoms with Gasteiger partial charge < -0.3 is 5.32 Å². The Morgan fingerprint density at radius 3 is 2.67 bits per heavy atom. The summed E-state index contributed by atoms with van der Waals surface area (Å²) in [5, 5.41) is 11.4. The molecular formula is C22H24ClN5OS. The number of amides is 1. The average molecular weight is 442 g/mol. The molecular weight excluding hydrogens is 418 g/mol. The minimum absolute atomic E-state index is 0.0000730. The highest BCUT2D eigenvalue weighted by atomic mass is 35.5. The summed E-state index contributed by atoms with van der Waals surface area (Å²) in [6, 6.07) is 16.0. The van der Waals surface area contributed by atoms with Crippen molar-refractivity contribution >= 4 is 29.3 Å². The summed E-state index contributed by atoms with van der Waals surface area (Å²) in [5.74, 6) is 0.665. The first kappa shape index (κ1) is 20.9. The molecule has 1 aliphatic heterocycles. The van der Waals surface area contributed by atoms with E-state index < -0.39 is 0 Å². The van der Waals surface area contributed by atoms with Crippen molar-refractivity contribution in [2.24, 2.45) is 0 Å². The number of nitrogens with one attached hydrogen (secondary N) is 2. The molecule has 30 heavy (non-hydrogen) atoms. The number of benzene rings is 2. The molecule has 1 aliphatic rings. The van der Waals surface area contributed by atoms with Gasteiger partial charge in [0, 0.05) is 42.0 Å². The molecule has 1 fully saturated rings. The summed E-state index contributed by atoms with van der Waals surface area (Å²) in [7, 11) is 0. The van der Waals surface area contributed by atoms with Crippen LogP contribution in [0.5, 0.6) is 0 Å². The molecule has 2 N–H and O–H groups in total. The fraction of sp³-hybridized carbons (Fsp3) is 0.318. The Balaban J connectivity index is 1.29. The van der Waals surface area contributed by atoms with E-state index in [9.17, 15) is 4.79 Å². The molecule has 4 rings (SSSR count). The van der Waals surface area contributed by atoms with Crippen LogP contribution >= 0.6 is 23.4 Å². The van der Waals surface area contributed by atoms with Crippen molar-refractivity contribution < 1.29 is 4.79 Å². The third kappa shape index (κ3) is 5.62. The van der Waals surface area contributed by atoms with Gasteiger partial charge in [-0.3, -0.25) is 14.8 Å². The van der Waals surface area contributed by atoms with E-state index in [1.165, 1.54) is 23.7 Å². The number of thioether (sulfide) groups is 1. The van der Waals surface area contributed by atoms with Gasteiger partial charge in [-0.1, -0.05) is 53.7 Å². The van der Waals surface area contributed by atoms with Crippen LogP contribution in [-0.2, 0) is 12.3 Å². The van der Waals surface area contributed by atoms with Crippen LogP contribution in [0.1, 0.15) is 34.3 Å². The van der Waals surface area contributed by atoms with Gasteiger partial charge in [0.1, 0.15) is 6.33 Å². The monoisotopic (exact) mass is 441 g/mol. The number of aromatic nitrogens is 3. The first-order valence-electron chi connectivity index (χ1n) is 10.0. The van der Waals surface area contributed by atoms with Gasteiger partial charge >= 0.3 is 0 Å². The minimum atomic E-state index is -0.0000730. The SMILES string of the molecule is O=C(NC1CCN(Cc2ccc(Cl)cc2)CC1)c1ccccc1CSc1ncn[nH]1. The van der Waals surface area contributed by atoms with E-state index in [0.717, 1.165) is 53.8 Å². The molecule has 6 nitrogen and oxygen atoms in total. The number of carbonyl (C=O) groups is 1. The van der Waals surface area contributed by atoms with E-state index in [0.29, 0.717) is 5.75 Å². The number of hydrogen-bond donors (Lipinski definition) is 2. The van der Waals surface area contributed by atoms with Crippen molar-refractivity contribution in [2.75, 3.05) is 13.1 Å². The topological polar surface area (TPSA) is 73.9 Å². The van der Waals surface area contributed by atoms with Crippen molar-refractivity contribution in [3.05, 3.63) is 76.6 Å². The quantitative estimate of drug-likeness (QED) is 0.539. The van der Waals surface area contributed by atoms with Crippen LogP contribution in [0.25, 0.3) is 0 Å². The van der Waals surface area contributed by atoms with Crippen molar-refractivity contribution in [2.45, 2.75) is 36.3 Å². The predicted molar refractivity (Wildman–Crippen MR) is 120 cm³/mol. The van der Waals surface area contributed by atoms with E-state index in [-0.39, 0.29) is 11.9 Å². The highest BCUT2D eigenvalue weighted by molar-refractivity contribution is 7.98. The number of hydrogen-bond acceptors (Lipinski definition) is 5. The van der Waals surface area contributed by atoms with Gasteiger partial charge in [0.15, 0.2) is 5.16 Å². The number of nitrogens with zero attached hydrogens (tertiary/aromatic N) is 3. The maximum Gasteiger partial charge on any atom is 0.251 e. The number of likely N-dealkylation sites (tertiary alicyclic amines) is 1. The summed E-state index contributed by atoms with van der Waals surface area (Å²) in [6.45, 7) is 2.85. The van der Waals surface area contributed by atoms with Gasteiger partial charge in [-0.2, -0.15) is 5.10 Å². The molecule has 0 spiro atoms. The van der Waals surface area contributed by atoms with Gasteiger partial charge in [0.2, 0.25) is 0 Å². The molecule has 0 bridgehead atoms. The van der Waals surface area contributed by atoms with Crippen LogP contribution in [-0.4, -0.2) is 45.1 Å². The largest absolute Gasteiger partial charge is 0.349 e. The molecule has 8 heteroatoms. The first-order chi connectivity index (χ1) is 14.7. The van der Waals surface area contributed by atoms with Crippen molar-refractivity contribution in [3.63, 3.8) is 0 Å². The number of H-pyrrole nitrogens is 1. The van der Waals surface area contributed by atoms with Crippen LogP contribution in [0.15, 0.2) is 60.0 Å². The molecule has 156 valence electrons. The van der Waals surface area contributed by atoms with Gasteiger partial charge in [-0.05, 0) is 42.2 Å². The van der Waals surface area contributed by atoms with Crippen LogP contribution in [0.3, 0.4) is 0 Å². The summed E-state index contributed by atoms with van der Waals surface area (Å²) in [5.41, 5.74) is 2.99. The lowest BCUT2D eigenvalue weighted by Crippen LogP contribution is -2.44. The summed E-state index contributed by atoms with van der Waals surface area (Å²) < 4.78 is 0. The van der Waals surface area contributed by atoms with Gasteiger partial charge in [0.25, 0.3) is 5.91 Å². The van der Waals surface area contributed by atoms with Crippen LogP contribution < -0.4 is 5.32 Å². The molecule has 0 unspecified atom stereocenters. The Morgan fingerprint density at radius 2 is 1.93 bits per heavy atom. The van der Waals surface area contributed by atoms with Gasteiger partial charge in [0.05, 0.1) is 0 Å². The summed E-state index contributed by atoms with van der Waals surface area (Å²) in [4.78, 5) is 19.5. The maximum atomic E-state index is 12.9. The minimum Gasteiger partial charge on any atom is -0.349 e. The third-order valence-electron chi connectivity index (χ3n) is 5.26. The Kier molecular flexibility index (Phi) is 7.04. The fourth-order valence-electron chi connectivity index (χ4n) is 3.62. The zero-order chi connectivity index (χ0) is 20.8. The first-order valence-corrected chi connectivity index (χ1v) is 11.4. The second kappa shape index (κ2) is 10.1. The van der Waals surface area contributed by atoms with E-state index in [1.54, 1.807) is 0 Å². The second-order valence-corrected chi connectivity index (χ2v) is 8.79. The normalized spacial score (nSPS) is 15.2.